The molecule has 0 aromatic heterocycles. The van der Waals surface area contributed by atoms with Crippen LogP contribution in [0.2, 0.25) is 0 Å². The predicted molar refractivity (Wildman–Crippen MR) is 73.1 cm³/mol. The molecule has 5 heteroatoms. The van der Waals surface area contributed by atoms with Crippen LogP contribution in [0.5, 0.6) is 11.5 Å². The number of benzene rings is 2. The Morgan fingerprint density at radius 3 is 2.65 bits per heavy atom. The summed E-state index contributed by atoms with van der Waals surface area (Å²) in [5.41, 5.74) is 0.831. The van der Waals surface area contributed by atoms with E-state index >= 15 is 0 Å². The van der Waals surface area contributed by atoms with Crippen LogP contribution in [0, 0.1) is 18.6 Å². The monoisotopic (exact) mass is 279 g/mol. The Bertz CT molecular complexity index is 630. The summed E-state index contributed by atoms with van der Waals surface area (Å²) in [4.78, 5) is 0. The van der Waals surface area contributed by atoms with Crippen molar-refractivity contribution < 1.29 is 18.6 Å². The molecule has 0 bridgehead atoms. The van der Waals surface area contributed by atoms with Crippen LogP contribution < -0.4 is 10.1 Å². The Hall–Kier alpha value is -2.30. The standard InChI is InChI=1S/C15H15F2NO2/c1-9-6-12(17)13(7-11(9)16)18-8-10-4-3-5-14(20-2)15(10)19/h3-7,18-19H,8H2,1-2H3. The van der Waals surface area contributed by atoms with E-state index in [0.29, 0.717) is 11.3 Å². The normalized spacial score (nSPS) is 10.4. The van der Waals surface area contributed by atoms with Crippen molar-refractivity contribution in [1.29, 1.82) is 0 Å². The Kier molecular flexibility index (Phi) is 4.08. The number of methoxy groups -OCH3 is 1. The number of halogens is 2. The molecule has 2 N–H and O–H groups in total. The Labute approximate surface area is 115 Å². The van der Waals surface area contributed by atoms with E-state index in [1.165, 1.54) is 14.0 Å². The van der Waals surface area contributed by atoms with Crippen LogP contribution in [-0.2, 0) is 6.54 Å². The molecule has 0 spiro atoms. The number of phenols is 1. The van der Waals surface area contributed by atoms with Gasteiger partial charge in [0.25, 0.3) is 0 Å². The molecule has 0 atom stereocenters. The van der Waals surface area contributed by atoms with Gasteiger partial charge in [-0.3, -0.25) is 0 Å². The molecule has 0 saturated heterocycles. The molecule has 0 aliphatic rings. The molecule has 2 aromatic rings. The van der Waals surface area contributed by atoms with Gasteiger partial charge in [-0.15, -0.1) is 0 Å². The van der Waals surface area contributed by atoms with Crippen molar-refractivity contribution in [2.24, 2.45) is 0 Å². The quantitative estimate of drug-likeness (QED) is 0.898. The predicted octanol–water partition coefficient (Wildman–Crippen LogP) is 3.60. The van der Waals surface area contributed by atoms with Crippen LogP contribution in [-0.4, -0.2) is 12.2 Å². The molecular formula is C15H15F2NO2. The number of aryl methyl sites for hydroxylation is 1. The van der Waals surface area contributed by atoms with Crippen molar-refractivity contribution in [3.63, 3.8) is 0 Å². The molecule has 0 unspecified atom stereocenters. The smallest absolute Gasteiger partial charge is 0.162 e. The molecule has 0 saturated carbocycles. The maximum atomic E-state index is 13.7. The minimum atomic E-state index is -0.536. The topological polar surface area (TPSA) is 41.5 Å². The zero-order valence-electron chi connectivity index (χ0n) is 11.2. The van der Waals surface area contributed by atoms with E-state index in [0.717, 1.165) is 12.1 Å². The fourth-order valence-electron chi connectivity index (χ4n) is 1.85. The molecule has 106 valence electrons. The van der Waals surface area contributed by atoms with E-state index in [2.05, 4.69) is 5.32 Å². The number of ether oxygens (including phenoxy) is 1. The summed E-state index contributed by atoms with van der Waals surface area (Å²) in [7, 11) is 1.45. The molecule has 0 fully saturated rings. The summed E-state index contributed by atoms with van der Waals surface area (Å²) in [6, 6.07) is 7.23. The number of aromatic hydroxyl groups is 1. The first-order valence-corrected chi connectivity index (χ1v) is 6.07. The highest BCUT2D eigenvalue weighted by molar-refractivity contribution is 5.50. The Morgan fingerprint density at radius 2 is 1.95 bits per heavy atom. The SMILES string of the molecule is COc1cccc(CNc2cc(F)c(C)cc2F)c1O. The number of hydrogen-bond donors (Lipinski definition) is 2. The van der Waals surface area contributed by atoms with E-state index in [1.807, 2.05) is 0 Å². The van der Waals surface area contributed by atoms with Gasteiger partial charge in [0.1, 0.15) is 11.6 Å². The summed E-state index contributed by atoms with van der Waals surface area (Å²) in [6.45, 7) is 1.65. The fourth-order valence-corrected chi connectivity index (χ4v) is 1.85. The average Bonchev–Trinajstić information content (AvgIpc) is 2.43. The van der Waals surface area contributed by atoms with Crippen molar-refractivity contribution in [2.45, 2.75) is 13.5 Å². The summed E-state index contributed by atoms with van der Waals surface area (Å²) in [5.74, 6) is -0.703. The van der Waals surface area contributed by atoms with Crippen LogP contribution in [0.3, 0.4) is 0 Å². The molecule has 0 aliphatic heterocycles. The lowest BCUT2D eigenvalue weighted by atomic mass is 10.1. The van der Waals surface area contributed by atoms with Gasteiger partial charge in [-0.2, -0.15) is 0 Å². The minimum absolute atomic E-state index is 0.0181. The van der Waals surface area contributed by atoms with Crippen LogP contribution in [0.1, 0.15) is 11.1 Å². The molecule has 0 amide bonds. The first kappa shape index (κ1) is 14.1. The van der Waals surface area contributed by atoms with Crippen molar-refractivity contribution in [2.75, 3.05) is 12.4 Å². The lowest BCUT2D eigenvalue weighted by Crippen LogP contribution is -2.03. The number of rotatable bonds is 4. The highest BCUT2D eigenvalue weighted by Gasteiger charge is 2.10. The van der Waals surface area contributed by atoms with Crippen LogP contribution in [0.15, 0.2) is 30.3 Å². The van der Waals surface area contributed by atoms with Crippen molar-refractivity contribution in [3.05, 3.63) is 53.1 Å². The van der Waals surface area contributed by atoms with Crippen molar-refractivity contribution in [3.8, 4) is 11.5 Å². The van der Waals surface area contributed by atoms with E-state index in [4.69, 9.17) is 4.74 Å². The van der Waals surface area contributed by atoms with Gasteiger partial charge >= 0.3 is 0 Å². The maximum Gasteiger partial charge on any atom is 0.162 e. The number of nitrogens with one attached hydrogen (secondary N) is 1. The maximum absolute atomic E-state index is 13.7. The molecule has 0 aliphatic carbocycles. The number of para-hydroxylation sites is 1. The molecule has 20 heavy (non-hydrogen) atoms. The molecule has 3 nitrogen and oxygen atoms in total. The van der Waals surface area contributed by atoms with Crippen LogP contribution in [0.25, 0.3) is 0 Å². The highest BCUT2D eigenvalue weighted by atomic mass is 19.1. The first-order valence-electron chi connectivity index (χ1n) is 6.07. The van der Waals surface area contributed by atoms with Gasteiger partial charge < -0.3 is 15.2 Å². The van der Waals surface area contributed by atoms with E-state index in [-0.39, 0.29) is 23.5 Å². The largest absolute Gasteiger partial charge is 0.504 e. The molecule has 2 rings (SSSR count). The van der Waals surface area contributed by atoms with Crippen molar-refractivity contribution in [1.82, 2.24) is 0 Å². The van der Waals surface area contributed by atoms with Gasteiger partial charge in [-0.25, -0.2) is 8.78 Å². The molecule has 0 radical (unpaired) electrons. The minimum Gasteiger partial charge on any atom is -0.504 e. The second-order valence-corrected chi connectivity index (χ2v) is 4.40. The van der Waals surface area contributed by atoms with Gasteiger partial charge in [0.05, 0.1) is 12.8 Å². The van der Waals surface area contributed by atoms with Crippen LogP contribution in [0.4, 0.5) is 14.5 Å². The second kappa shape index (κ2) is 5.77. The third-order valence-electron chi connectivity index (χ3n) is 3.02. The van der Waals surface area contributed by atoms with E-state index in [9.17, 15) is 13.9 Å². The molecule has 0 heterocycles. The number of anilines is 1. The lowest BCUT2D eigenvalue weighted by molar-refractivity contribution is 0.371. The summed E-state index contributed by atoms with van der Waals surface area (Å²) < 4.78 is 32.1. The second-order valence-electron chi connectivity index (χ2n) is 4.40. The van der Waals surface area contributed by atoms with Gasteiger partial charge in [0.2, 0.25) is 0 Å². The average molecular weight is 279 g/mol. The van der Waals surface area contributed by atoms with Gasteiger partial charge in [0.15, 0.2) is 11.5 Å². The summed E-state index contributed by atoms with van der Waals surface area (Å²) >= 11 is 0. The third-order valence-corrected chi connectivity index (χ3v) is 3.02. The van der Waals surface area contributed by atoms with Gasteiger partial charge in [-0.1, -0.05) is 12.1 Å². The van der Waals surface area contributed by atoms with Gasteiger partial charge in [0, 0.05) is 18.2 Å². The number of phenolic OH excluding ortho intramolecular Hbond substituents is 1. The Balaban J connectivity index is 2.19. The zero-order chi connectivity index (χ0) is 14.7. The van der Waals surface area contributed by atoms with Crippen molar-refractivity contribution >= 4 is 5.69 Å². The van der Waals surface area contributed by atoms with Crippen LogP contribution >= 0.6 is 0 Å². The summed E-state index contributed by atoms with van der Waals surface area (Å²) in [6.07, 6.45) is 0. The van der Waals surface area contributed by atoms with Gasteiger partial charge in [-0.05, 0) is 24.6 Å². The van der Waals surface area contributed by atoms with E-state index in [1.54, 1.807) is 18.2 Å². The Morgan fingerprint density at radius 1 is 1.20 bits per heavy atom. The number of hydrogen-bond acceptors (Lipinski definition) is 3. The molecular weight excluding hydrogens is 264 g/mol. The fraction of sp³-hybridized carbons (Fsp3) is 0.200. The summed E-state index contributed by atoms with van der Waals surface area (Å²) in [5, 5.41) is 12.7. The highest BCUT2D eigenvalue weighted by Crippen LogP contribution is 2.30. The van der Waals surface area contributed by atoms with E-state index < -0.39 is 11.6 Å². The third kappa shape index (κ3) is 2.82. The molecule has 2 aromatic carbocycles. The lowest BCUT2D eigenvalue weighted by Gasteiger charge is -2.12. The zero-order valence-corrected chi connectivity index (χ0v) is 11.2. The first-order chi connectivity index (χ1) is 9.52.